The van der Waals surface area contributed by atoms with Crippen molar-refractivity contribution in [2.24, 2.45) is 29.6 Å². The molecule has 1 unspecified atom stereocenters. The molecule has 0 spiro atoms. The van der Waals surface area contributed by atoms with E-state index in [1.165, 1.54) is 6.42 Å². The van der Waals surface area contributed by atoms with E-state index in [0.717, 1.165) is 188 Å². The van der Waals surface area contributed by atoms with E-state index in [2.05, 4.69) is 80.9 Å². The lowest BCUT2D eigenvalue weighted by molar-refractivity contribution is -0.121. The number of nitrogen functional groups attached to an aromatic ring is 5. The zero-order valence-corrected chi connectivity index (χ0v) is 84.4. The molecule has 5 aliphatic rings. The van der Waals surface area contributed by atoms with Gasteiger partial charge in [-0.2, -0.15) is 25.5 Å². The number of nitrogens with two attached hydrogens (primary N) is 5. The number of rotatable bonds is 20. The van der Waals surface area contributed by atoms with Crippen LogP contribution in [0.1, 0.15) is 168 Å². The Morgan fingerprint density at radius 3 is 0.647 bits per heavy atom. The summed E-state index contributed by atoms with van der Waals surface area (Å²) in [5.41, 5.74) is 49.8. The fourth-order valence-corrected chi connectivity index (χ4v) is 21.0. The molecule has 25 rings (SSSR count). The number of benzene rings is 10. The molecular weight excluding hydrogens is 1990 g/mol. The maximum atomic E-state index is 13.3. The molecule has 150 heavy (non-hydrogen) atoms. The first-order valence-electron chi connectivity index (χ1n) is 49.5. The third-order valence-electron chi connectivity index (χ3n) is 27.9. The van der Waals surface area contributed by atoms with Crippen molar-refractivity contribution in [2.45, 2.75) is 116 Å². The molecule has 10 heterocycles. The molecule has 0 amide bonds. The van der Waals surface area contributed by atoms with Crippen molar-refractivity contribution in [3.8, 4) is 113 Å². The first-order valence-corrected chi connectivity index (χ1v) is 51.4. The van der Waals surface area contributed by atoms with Crippen LogP contribution in [-0.2, 0) is 4.79 Å². The lowest BCUT2D eigenvalue weighted by Gasteiger charge is -2.24. The van der Waals surface area contributed by atoms with Crippen molar-refractivity contribution >= 4 is 176 Å². The fourth-order valence-electron chi connectivity index (χ4n) is 19.7. The van der Waals surface area contributed by atoms with Crippen LogP contribution in [-0.4, -0.2) is 136 Å². The number of aromatic nitrogens is 20. The highest BCUT2D eigenvalue weighted by Crippen LogP contribution is 2.46. The maximum Gasteiger partial charge on any atom is 0.188 e. The fraction of sp³-hybridized carbons (Fsp3) is 0.202. The van der Waals surface area contributed by atoms with E-state index in [1.807, 2.05) is 200 Å². The predicted octanol–water partition coefficient (Wildman–Crippen LogP) is 25.3. The summed E-state index contributed by atoms with van der Waals surface area (Å²) in [5.74, 6) is 0.00210. The molecule has 748 valence electrons. The highest BCUT2D eigenvalue weighted by atomic mass is 35.5. The highest BCUT2D eigenvalue weighted by molar-refractivity contribution is 6.37. The lowest BCUT2D eigenvalue weighted by atomic mass is 9.81. The summed E-state index contributed by atoms with van der Waals surface area (Å²) in [5, 5.41) is 41.6. The van der Waals surface area contributed by atoms with Crippen LogP contribution >= 0.6 is 58.0 Å². The number of Topliss-reactive ketones (excluding diaryl/α,β-unsaturated/α-hetero) is 6. The standard InChI is InChI=1S/C24H20ClN5O2.C24H22ClN5O.C23H20ClN5O.C22H18ClN5O.C21H16ClN5O/c25-18-11-15(9-16-12-27-30-19(16)18)21-20(13-5-2-1-3-6-13)29-24(26)22(28-21)23(32)14-7-4-8-17(31)10-14;25-18-12-16(11-17-13-27-30-19(17)18)21-20(14-7-3-1-4-8-14)29-24(26)22(28-21)23(31)15-9-5-2-6-10-15;24-17-11-15(10-16-12-26-29-18(16)17)20-19(13-6-2-1-3-7-13)28-23(25)21(27-20)22(30)14-8-4-5-9-14;23-16-10-14(9-15-11-25-28-17(15)16)19-18(12-5-2-1-3-6-12)27-22(24)20(26-19)21(29)13-7-4-8-13;22-15-9-13(8-14-10-24-27-16(14)15)18-17(11-4-2-1-3-5-11)26-21(23)19(25-18)20(28)12-6-7-12/h1-3,5-6,9,11-12,14H,4,7-8,10H2,(H2,26,29)(H,27,30);1,3-4,7-8,11-13,15H,2,5-6,9-10H2,(H2,26,29)(H,27,30);1-3,6-7,10-12,14H,4-5,8-9H2,(H2,25,28)(H,26,29);1-3,5-6,9-11,13H,4,7-8H2,(H2,24,27)(H,25,28);1-5,8-10,12H,6-7H2,(H2,23,26)(H,24,27). The number of ketones is 6. The SMILES string of the molecule is Nc1nc(-c2ccccc2)c(-c2cc(Cl)c3[nH]ncc3c2)nc1C(=O)C1CC1.Nc1nc(-c2ccccc2)c(-c2cc(Cl)c3[nH]ncc3c2)nc1C(=O)C1CCC1.Nc1nc(-c2ccccc2)c(-c2cc(Cl)c3[nH]ncc3c2)nc1C(=O)C1CCCC(=O)C1.Nc1nc(-c2ccccc2)c(-c2cc(Cl)c3[nH]ncc3c2)nc1C(=O)C1CCCC1.Nc1nc(-c2ccccc2)c(-c2cc(Cl)c3[nH]ncc3c2)nc1C(=O)C1CCCCC1. The van der Waals surface area contributed by atoms with Gasteiger partial charge in [0.2, 0.25) is 0 Å². The molecule has 31 nitrogen and oxygen atoms in total. The predicted molar refractivity (Wildman–Crippen MR) is 587 cm³/mol. The summed E-state index contributed by atoms with van der Waals surface area (Å²) < 4.78 is 0. The summed E-state index contributed by atoms with van der Waals surface area (Å²) in [6.45, 7) is 0. The molecule has 10 aromatic carbocycles. The molecule has 1 atom stereocenters. The van der Waals surface area contributed by atoms with Gasteiger partial charge in [0.15, 0.2) is 58.0 Å². The average molecular weight is 2090 g/mol. The van der Waals surface area contributed by atoms with Crippen molar-refractivity contribution in [3.05, 3.63) is 297 Å². The number of aromatic amines is 5. The largest absolute Gasteiger partial charge is 0.382 e. The zero-order chi connectivity index (χ0) is 103. The summed E-state index contributed by atoms with van der Waals surface area (Å²) in [6, 6.07) is 67.0. The van der Waals surface area contributed by atoms with Gasteiger partial charge in [0.05, 0.1) is 141 Å². The Hall–Kier alpha value is -16.6. The molecule has 5 saturated carbocycles. The number of hydrogen-bond donors (Lipinski definition) is 10. The van der Waals surface area contributed by atoms with Crippen LogP contribution in [0.25, 0.3) is 167 Å². The minimum Gasteiger partial charge on any atom is -0.382 e. The van der Waals surface area contributed by atoms with Crippen LogP contribution in [0.2, 0.25) is 25.1 Å². The van der Waals surface area contributed by atoms with Crippen LogP contribution in [0.15, 0.2) is 243 Å². The normalized spacial score (nSPS) is 14.7. The lowest BCUT2D eigenvalue weighted by Crippen LogP contribution is -2.25. The van der Waals surface area contributed by atoms with E-state index < -0.39 is 5.92 Å². The van der Waals surface area contributed by atoms with E-state index in [9.17, 15) is 28.8 Å². The number of fused-ring (bicyclic) bond motifs is 5. The number of H-pyrrole nitrogens is 5. The van der Waals surface area contributed by atoms with Gasteiger partial charge >= 0.3 is 0 Å². The second kappa shape index (κ2) is 43.5. The van der Waals surface area contributed by atoms with E-state index in [4.69, 9.17) is 107 Å². The maximum absolute atomic E-state index is 13.3. The van der Waals surface area contributed by atoms with Crippen LogP contribution in [0.4, 0.5) is 29.1 Å². The Kier molecular flexibility index (Phi) is 28.8. The number of carbonyl (C=O) groups is 6. The van der Waals surface area contributed by atoms with Crippen molar-refractivity contribution in [2.75, 3.05) is 28.7 Å². The summed E-state index contributed by atoms with van der Waals surface area (Å²) >= 11 is 32.3. The van der Waals surface area contributed by atoms with Gasteiger partial charge in [-0.3, -0.25) is 54.3 Å². The number of nitrogens with zero attached hydrogens (tertiary/aromatic N) is 15. The second-order valence-corrected chi connectivity index (χ2v) is 40.0. The van der Waals surface area contributed by atoms with Crippen molar-refractivity contribution in [1.29, 1.82) is 0 Å². The molecule has 20 aromatic rings. The number of anilines is 5. The summed E-state index contributed by atoms with van der Waals surface area (Å²) in [7, 11) is 0. The van der Waals surface area contributed by atoms with Gasteiger partial charge in [0.25, 0.3) is 0 Å². The third-order valence-corrected chi connectivity index (χ3v) is 29.4. The quantitative estimate of drug-likeness (QED) is 0.0317. The van der Waals surface area contributed by atoms with E-state index in [1.54, 1.807) is 43.1 Å². The van der Waals surface area contributed by atoms with E-state index >= 15 is 0 Å². The Labute approximate surface area is 883 Å². The van der Waals surface area contributed by atoms with Crippen LogP contribution in [0, 0.1) is 29.6 Å². The van der Waals surface area contributed by atoms with Crippen molar-refractivity contribution in [3.63, 3.8) is 0 Å². The van der Waals surface area contributed by atoms with Crippen LogP contribution < -0.4 is 28.7 Å². The molecule has 10 aromatic heterocycles. The third kappa shape index (κ3) is 20.9. The van der Waals surface area contributed by atoms with Gasteiger partial charge in [-0.25, -0.2) is 49.8 Å². The van der Waals surface area contributed by atoms with Gasteiger partial charge in [-0.15, -0.1) is 0 Å². The summed E-state index contributed by atoms with van der Waals surface area (Å²) in [4.78, 5) is 124. The van der Waals surface area contributed by atoms with E-state index in [-0.39, 0.29) is 122 Å². The Morgan fingerprint density at radius 1 is 0.233 bits per heavy atom. The molecule has 36 heteroatoms. The molecule has 0 aliphatic heterocycles. The van der Waals surface area contributed by atoms with Gasteiger partial charge in [-0.1, -0.05) is 248 Å². The van der Waals surface area contributed by atoms with Crippen molar-refractivity contribution in [1.82, 2.24) is 101 Å². The first kappa shape index (κ1) is 99.4. The molecule has 5 aliphatic carbocycles. The second-order valence-electron chi connectivity index (χ2n) is 37.9. The molecule has 15 N–H and O–H groups in total. The zero-order valence-electron chi connectivity index (χ0n) is 80.6. The number of carbonyl (C=O) groups excluding carboxylic acids is 6. The number of halogens is 5. The Balaban J connectivity index is 0.000000110. The number of nitrogens with one attached hydrogen (secondary N) is 5. The smallest absolute Gasteiger partial charge is 0.188 e. The monoisotopic (exact) mass is 2090 g/mol. The number of hydrogen-bond acceptors (Lipinski definition) is 26. The van der Waals surface area contributed by atoms with Gasteiger partial charge < -0.3 is 28.7 Å². The molecule has 0 bridgehead atoms. The summed E-state index contributed by atoms with van der Waals surface area (Å²) in [6.07, 6.45) is 24.1. The average Bonchev–Trinajstić information content (AvgIpc) is 1.57. The molecular formula is C114H96Cl5N25O6. The van der Waals surface area contributed by atoms with E-state index in [0.29, 0.717) is 107 Å². The minimum absolute atomic E-state index is 0.00645. The highest BCUT2D eigenvalue weighted by Gasteiger charge is 2.38. The van der Waals surface area contributed by atoms with Gasteiger partial charge in [-0.05, 0) is 125 Å². The molecule has 0 radical (unpaired) electrons. The van der Waals surface area contributed by atoms with Gasteiger partial charge in [0.1, 0.15) is 34.3 Å². The topological polar surface area (TPSA) is 505 Å². The Bertz CT molecular complexity index is 8610. The Morgan fingerprint density at radius 2 is 0.433 bits per heavy atom. The van der Waals surface area contributed by atoms with Crippen molar-refractivity contribution < 1.29 is 28.8 Å². The van der Waals surface area contributed by atoms with Crippen LogP contribution in [0.5, 0.6) is 0 Å². The minimum atomic E-state index is -0.414. The van der Waals surface area contributed by atoms with Crippen LogP contribution in [0.3, 0.4) is 0 Å². The van der Waals surface area contributed by atoms with Gasteiger partial charge in [0, 0.05) is 125 Å². The molecule has 0 saturated heterocycles. The first-order chi connectivity index (χ1) is 73.0. The molecule has 5 fully saturated rings.